The van der Waals surface area contributed by atoms with Crippen LogP contribution in [0.2, 0.25) is 0 Å². The molecule has 8 nitrogen and oxygen atoms in total. The van der Waals surface area contributed by atoms with Gasteiger partial charge in [0.25, 0.3) is 5.56 Å². The molecule has 0 saturated heterocycles. The van der Waals surface area contributed by atoms with Gasteiger partial charge in [-0.05, 0) is 68.5 Å². The predicted octanol–water partition coefficient (Wildman–Crippen LogP) is 3.45. The molecule has 5 rings (SSSR count). The van der Waals surface area contributed by atoms with Crippen molar-refractivity contribution in [3.8, 4) is 5.75 Å². The maximum absolute atomic E-state index is 12.9. The van der Waals surface area contributed by atoms with E-state index in [1.54, 1.807) is 24.3 Å². The van der Waals surface area contributed by atoms with Crippen molar-refractivity contribution in [1.29, 1.82) is 0 Å². The first-order valence-electron chi connectivity index (χ1n) is 10.5. The third-order valence-electron chi connectivity index (χ3n) is 5.48. The first kappa shape index (κ1) is 19.3. The van der Waals surface area contributed by atoms with E-state index < -0.39 is 5.56 Å². The Morgan fingerprint density at radius 2 is 2.03 bits per heavy atom. The van der Waals surface area contributed by atoms with Gasteiger partial charge >= 0.3 is 0 Å². The second kappa shape index (κ2) is 7.86. The first-order chi connectivity index (χ1) is 15.1. The molecular formula is C23H22N4O4. The van der Waals surface area contributed by atoms with Crippen LogP contribution in [0.25, 0.3) is 22.2 Å². The Bertz CT molecular complexity index is 1340. The second-order valence-electron chi connectivity index (χ2n) is 7.62. The minimum Gasteiger partial charge on any atom is -0.494 e. The Labute approximate surface area is 177 Å². The lowest BCUT2D eigenvalue weighted by Gasteiger charge is -2.13. The van der Waals surface area contributed by atoms with Crippen LogP contribution in [0.1, 0.15) is 31.0 Å². The highest BCUT2D eigenvalue weighted by molar-refractivity contribution is 6.00. The highest BCUT2D eigenvalue weighted by Crippen LogP contribution is 2.29. The molecule has 0 unspecified atom stereocenters. The quantitative estimate of drug-likeness (QED) is 0.533. The zero-order valence-corrected chi connectivity index (χ0v) is 17.2. The number of carbonyl (C=O) groups excluding carboxylic acids is 1. The van der Waals surface area contributed by atoms with Gasteiger partial charge in [-0.15, -0.1) is 0 Å². The van der Waals surface area contributed by atoms with Crippen LogP contribution in [0.5, 0.6) is 5.75 Å². The molecule has 0 fully saturated rings. The van der Waals surface area contributed by atoms with Gasteiger partial charge in [0, 0.05) is 11.4 Å². The van der Waals surface area contributed by atoms with Crippen LogP contribution in [0.15, 0.2) is 45.9 Å². The van der Waals surface area contributed by atoms with E-state index in [1.807, 2.05) is 13.0 Å². The van der Waals surface area contributed by atoms with E-state index in [1.165, 1.54) is 16.5 Å². The van der Waals surface area contributed by atoms with E-state index in [0.717, 1.165) is 42.5 Å². The first-order valence-corrected chi connectivity index (χ1v) is 10.5. The molecule has 0 radical (unpaired) electrons. The van der Waals surface area contributed by atoms with Gasteiger partial charge in [0.15, 0.2) is 0 Å². The average molecular weight is 418 g/mol. The Morgan fingerprint density at radius 3 is 2.84 bits per heavy atom. The summed E-state index contributed by atoms with van der Waals surface area (Å²) in [6.07, 6.45) is 5.54. The van der Waals surface area contributed by atoms with Crippen molar-refractivity contribution >= 4 is 33.8 Å². The second-order valence-corrected chi connectivity index (χ2v) is 7.62. The maximum atomic E-state index is 12.9. The van der Waals surface area contributed by atoms with Crippen molar-refractivity contribution in [3.05, 3.63) is 58.3 Å². The van der Waals surface area contributed by atoms with Crippen LogP contribution in [-0.2, 0) is 24.2 Å². The summed E-state index contributed by atoms with van der Waals surface area (Å²) in [7, 11) is 0. The number of rotatable bonds is 5. The van der Waals surface area contributed by atoms with Crippen LogP contribution >= 0.6 is 0 Å². The number of amides is 1. The molecule has 3 heterocycles. The van der Waals surface area contributed by atoms with E-state index in [-0.39, 0.29) is 18.0 Å². The van der Waals surface area contributed by atoms with Crippen LogP contribution in [0.3, 0.4) is 0 Å². The summed E-state index contributed by atoms with van der Waals surface area (Å²) in [6.45, 7) is 2.31. The van der Waals surface area contributed by atoms with E-state index in [9.17, 15) is 9.59 Å². The van der Waals surface area contributed by atoms with Gasteiger partial charge in [-0.2, -0.15) is 0 Å². The van der Waals surface area contributed by atoms with Gasteiger partial charge in [-0.3, -0.25) is 14.2 Å². The Kier molecular flexibility index (Phi) is 4.89. The number of carbonyl (C=O) groups is 1. The zero-order valence-electron chi connectivity index (χ0n) is 17.2. The lowest BCUT2D eigenvalue weighted by Crippen LogP contribution is -2.27. The van der Waals surface area contributed by atoms with Gasteiger partial charge in [0.05, 0.1) is 18.3 Å². The molecule has 1 amide bonds. The largest absolute Gasteiger partial charge is 0.494 e. The number of nitrogens with one attached hydrogen (secondary N) is 1. The van der Waals surface area contributed by atoms with E-state index in [4.69, 9.17) is 9.15 Å². The number of pyridine rings is 1. The SMILES string of the molecule is CCOc1ccc(NC(=O)Cn2cnc3c(oc4nc5c(cc43)CCCC5)c2=O)cc1. The standard InChI is InChI=1S/C23H22N4O4/c1-2-30-16-9-7-15(8-10-16)25-19(28)12-27-13-24-20-17-11-14-5-3-4-6-18(14)26-22(17)31-21(20)23(27)29/h7-11,13H,2-6,12H2,1H3,(H,25,28). The van der Waals surface area contributed by atoms with Crippen LogP contribution in [-0.4, -0.2) is 27.0 Å². The Morgan fingerprint density at radius 1 is 1.23 bits per heavy atom. The summed E-state index contributed by atoms with van der Waals surface area (Å²) in [5, 5.41) is 3.52. The summed E-state index contributed by atoms with van der Waals surface area (Å²) >= 11 is 0. The predicted molar refractivity (Wildman–Crippen MR) is 116 cm³/mol. The lowest BCUT2D eigenvalue weighted by molar-refractivity contribution is -0.116. The number of ether oxygens (including phenoxy) is 1. The average Bonchev–Trinajstić information content (AvgIpc) is 3.14. The van der Waals surface area contributed by atoms with Crippen LogP contribution in [0, 0.1) is 0 Å². The highest BCUT2D eigenvalue weighted by Gasteiger charge is 2.19. The maximum Gasteiger partial charge on any atom is 0.297 e. The number of fused-ring (bicyclic) bond motifs is 4. The molecule has 8 heteroatoms. The Balaban J connectivity index is 1.41. The van der Waals surface area contributed by atoms with Crippen molar-refractivity contribution in [2.45, 2.75) is 39.2 Å². The van der Waals surface area contributed by atoms with Crippen molar-refractivity contribution in [1.82, 2.24) is 14.5 Å². The van der Waals surface area contributed by atoms with Gasteiger partial charge in [-0.25, -0.2) is 9.97 Å². The molecule has 3 aromatic heterocycles. The molecule has 31 heavy (non-hydrogen) atoms. The van der Waals surface area contributed by atoms with Crippen molar-refractivity contribution in [3.63, 3.8) is 0 Å². The third kappa shape index (κ3) is 3.65. The number of hydrogen-bond acceptors (Lipinski definition) is 6. The molecule has 158 valence electrons. The van der Waals surface area contributed by atoms with Gasteiger partial charge in [-0.1, -0.05) is 0 Å². The molecule has 0 bridgehead atoms. The fourth-order valence-electron chi connectivity index (χ4n) is 3.98. The van der Waals surface area contributed by atoms with Crippen molar-refractivity contribution in [2.24, 2.45) is 0 Å². The van der Waals surface area contributed by atoms with Crippen LogP contribution < -0.4 is 15.6 Å². The summed E-state index contributed by atoms with van der Waals surface area (Å²) in [5.74, 6) is 0.392. The molecule has 1 aliphatic carbocycles. The molecule has 0 aliphatic heterocycles. The van der Waals surface area contributed by atoms with Gasteiger partial charge < -0.3 is 14.5 Å². The number of nitrogens with zero attached hydrogens (tertiary/aromatic N) is 3. The van der Waals surface area contributed by atoms with E-state index >= 15 is 0 Å². The fourth-order valence-corrected chi connectivity index (χ4v) is 3.98. The van der Waals surface area contributed by atoms with E-state index in [2.05, 4.69) is 15.3 Å². The topological polar surface area (TPSA) is 99.2 Å². The molecule has 1 aromatic carbocycles. The monoisotopic (exact) mass is 418 g/mol. The van der Waals surface area contributed by atoms with Gasteiger partial charge in [0.2, 0.25) is 17.2 Å². The smallest absolute Gasteiger partial charge is 0.297 e. The highest BCUT2D eigenvalue weighted by atomic mass is 16.5. The summed E-state index contributed by atoms with van der Waals surface area (Å²) in [4.78, 5) is 34.4. The van der Waals surface area contributed by atoms with Crippen molar-refractivity contribution in [2.75, 3.05) is 11.9 Å². The molecule has 1 N–H and O–H groups in total. The number of aromatic nitrogens is 3. The van der Waals surface area contributed by atoms with Gasteiger partial charge in [0.1, 0.15) is 17.8 Å². The number of aryl methyl sites for hydroxylation is 2. The Hall–Kier alpha value is -3.68. The molecule has 1 aliphatic rings. The zero-order chi connectivity index (χ0) is 21.4. The fraction of sp³-hybridized carbons (Fsp3) is 0.304. The molecule has 0 spiro atoms. The molecule has 0 saturated carbocycles. The third-order valence-corrected chi connectivity index (χ3v) is 5.48. The normalized spacial score (nSPS) is 13.3. The summed E-state index contributed by atoms with van der Waals surface area (Å²) in [5.41, 5.74) is 3.49. The number of anilines is 1. The number of furan rings is 1. The summed E-state index contributed by atoms with van der Waals surface area (Å²) in [6, 6.07) is 9.09. The molecular weight excluding hydrogens is 396 g/mol. The summed E-state index contributed by atoms with van der Waals surface area (Å²) < 4.78 is 12.4. The number of hydrogen-bond donors (Lipinski definition) is 1. The molecule has 0 atom stereocenters. The minimum absolute atomic E-state index is 0.126. The number of benzene rings is 1. The van der Waals surface area contributed by atoms with Crippen molar-refractivity contribution < 1.29 is 13.9 Å². The van der Waals surface area contributed by atoms with Crippen LogP contribution in [0.4, 0.5) is 5.69 Å². The minimum atomic E-state index is -0.400. The van der Waals surface area contributed by atoms with E-state index in [0.29, 0.717) is 23.5 Å². The lowest BCUT2D eigenvalue weighted by atomic mass is 9.95. The molecule has 4 aromatic rings.